The highest BCUT2D eigenvalue weighted by molar-refractivity contribution is 8.13. The van der Waals surface area contributed by atoms with E-state index >= 15 is 0 Å². The summed E-state index contributed by atoms with van der Waals surface area (Å²) in [6.07, 6.45) is -2.93. The van der Waals surface area contributed by atoms with E-state index < -0.39 is 135 Å². The van der Waals surface area contributed by atoms with Crippen LogP contribution in [-0.4, -0.2) is 126 Å². The standard InChI is InChI=1S/C28H41N5O16S/c1-13(34)29-14(24(40)41)3-8-19(35)30-15(25(42)43)4-9-20(36)31-16(26(44)45)5-10-21(37)32-17(27(46)47)6-11-22(38)33-18(28(48)49)7-12-23(39)50-2/h14-18H,3-12H2,1-2H3,(H,29,34)(H,30,35)(H,31,36)(H,32,37)(H,33,38)(H,40,41)(H,42,43)(H,44,45)(H,46,47)(H,48,49)/t14-,15-,16-,17-,18-/m0/s1. The maximum Gasteiger partial charge on any atom is 0.326 e. The molecule has 0 aliphatic heterocycles. The molecule has 0 spiro atoms. The predicted molar refractivity (Wildman–Crippen MR) is 168 cm³/mol. The van der Waals surface area contributed by atoms with Crippen LogP contribution in [0, 0.1) is 0 Å². The highest BCUT2D eigenvalue weighted by atomic mass is 32.2. The van der Waals surface area contributed by atoms with Crippen LogP contribution in [0.5, 0.6) is 0 Å². The first kappa shape index (κ1) is 44.7. The van der Waals surface area contributed by atoms with Crippen LogP contribution in [0.2, 0.25) is 0 Å². The molecule has 0 fully saturated rings. The molecular formula is C28H41N5O16S. The molecule has 0 unspecified atom stereocenters. The molecule has 0 radical (unpaired) electrons. The molecule has 22 heteroatoms. The average Bonchev–Trinajstić information content (AvgIpc) is 3.02. The van der Waals surface area contributed by atoms with E-state index in [0.717, 1.165) is 18.7 Å². The lowest BCUT2D eigenvalue weighted by molar-refractivity contribution is -0.144. The van der Waals surface area contributed by atoms with Crippen LogP contribution in [0.25, 0.3) is 0 Å². The summed E-state index contributed by atoms with van der Waals surface area (Å²) in [5.41, 5.74) is 0. The lowest BCUT2D eigenvalue weighted by Gasteiger charge is -2.18. The summed E-state index contributed by atoms with van der Waals surface area (Å²) in [5.74, 6) is -11.9. The predicted octanol–water partition coefficient (Wildman–Crippen LogP) is -2.36. The minimum absolute atomic E-state index is 0.133. The van der Waals surface area contributed by atoms with Crippen molar-refractivity contribution in [3.63, 3.8) is 0 Å². The maximum atomic E-state index is 12.4. The monoisotopic (exact) mass is 735 g/mol. The van der Waals surface area contributed by atoms with Gasteiger partial charge in [-0.25, -0.2) is 24.0 Å². The highest BCUT2D eigenvalue weighted by Gasteiger charge is 2.28. The van der Waals surface area contributed by atoms with Gasteiger partial charge >= 0.3 is 29.8 Å². The summed E-state index contributed by atoms with van der Waals surface area (Å²) in [6, 6.07) is -7.74. The second-order valence-corrected chi connectivity index (χ2v) is 11.6. The normalized spacial score (nSPS) is 13.6. The minimum atomic E-state index is -1.67. The zero-order valence-electron chi connectivity index (χ0n) is 27.1. The van der Waals surface area contributed by atoms with Gasteiger partial charge in [0.1, 0.15) is 30.2 Å². The summed E-state index contributed by atoms with van der Waals surface area (Å²) in [5, 5.41) is 56.9. The summed E-state index contributed by atoms with van der Waals surface area (Å²) in [6.45, 7) is 1.07. The Morgan fingerprint density at radius 1 is 0.420 bits per heavy atom. The van der Waals surface area contributed by atoms with Crippen LogP contribution >= 0.6 is 11.8 Å². The molecule has 0 aromatic carbocycles. The first-order valence-corrected chi connectivity index (χ1v) is 16.1. The number of hydrogen-bond donors (Lipinski definition) is 10. The Hall–Kier alpha value is -5.28. The van der Waals surface area contributed by atoms with Gasteiger partial charge in [-0.05, 0) is 38.4 Å². The third-order valence-electron chi connectivity index (χ3n) is 6.71. The van der Waals surface area contributed by atoms with Gasteiger partial charge in [-0.3, -0.25) is 28.8 Å². The molecule has 0 saturated heterocycles. The number of hydrogen-bond acceptors (Lipinski definition) is 12. The van der Waals surface area contributed by atoms with Gasteiger partial charge in [0.25, 0.3) is 0 Å². The Morgan fingerprint density at radius 2 is 0.640 bits per heavy atom. The van der Waals surface area contributed by atoms with E-state index in [-0.39, 0.29) is 24.4 Å². The number of aliphatic carboxylic acids is 5. The molecule has 0 rings (SSSR count). The van der Waals surface area contributed by atoms with E-state index in [9.17, 15) is 73.2 Å². The minimum Gasteiger partial charge on any atom is -0.480 e. The molecule has 10 N–H and O–H groups in total. The number of carbonyl (C=O) groups is 11. The molecule has 0 aromatic rings. The Balaban J connectivity index is 4.99. The maximum absolute atomic E-state index is 12.4. The van der Waals surface area contributed by atoms with Crippen molar-refractivity contribution in [2.24, 2.45) is 0 Å². The molecule has 50 heavy (non-hydrogen) atoms. The van der Waals surface area contributed by atoms with Crippen molar-refractivity contribution in [1.29, 1.82) is 0 Å². The van der Waals surface area contributed by atoms with Gasteiger partial charge in [0.2, 0.25) is 29.5 Å². The van der Waals surface area contributed by atoms with E-state index in [2.05, 4.69) is 26.6 Å². The Labute approximate surface area is 288 Å². The molecule has 0 aliphatic carbocycles. The third-order valence-corrected chi connectivity index (χ3v) is 7.37. The van der Waals surface area contributed by atoms with Gasteiger partial charge < -0.3 is 52.1 Å². The van der Waals surface area contributed by atoms with Crippen LogP contribution < -0.4 is 26.6 Å². The SMILES string of the molecule is CSC(=O)CC[C@H](NC(=O)CC[C@H](NC(=O)CC[C@H](NC(=O)CC[C@H](NC(=O)CC[C@H](NC(C)=O)C(=O)O)C(=O)O)C(=O)O)C(=O)O)C(=O)O. The summed E-state index contributed by atoms with van der Waals surface area (Å²) in [7, 11) is 0. The van der Waals surface area contributed by atoms with Crippen molar-refractivity contribution >= 4 is 76.3 Å². The van der Waals surface area contributed by atoms with E-state index in [1.54, 1.807) is 0 Å². The van der Waals surface area contributed by atoms with Crippen LogP contribution in [0.15, 0.2) is 0 Å². The van der Waals surface area contributed by atoms with E-state index in [1.807, 2.05) is 0 Å². The van der Waals surface area contributed by atoms with Crippen molar-refractivity contribution < 1.29 is 78.3 Å². The highest BCUT2D eigenvalue weighted by Crippen LogP contribution is 2.08. The summed E-state index contributed by atoms with van der Waals surface area (Å²) < 4.78 is 0. The molecule has 0 aromatic heterocycles. The smallest absolute Gasteiger partial charge is 0.326 e. The number of thioether (sulfide) groups is 1. The first-order chi connectivity index (χ1) is 23.3. The molecule has 5 amide bonds. The van der Waals surface area contributed by atoms with Gasteiger partial charge in [0.05, 0.1) is 0 Å². The molecule has 0 aliphatic rings. The summed E-state index contributed by atoms with van der Waals surface area (Å²) >= 11 is 0.883. The number of nitrogens with one attached hydrogen (secondary N) is 5. The molecule has 5 atom stereocenters. The van der Waals surface area contributed by atoms with Crippen LogP contribution in [0.3, 0.4) is 0 Å². The Morgan fingerprint density at radius 3 is 0.840 bits per heavy atom. The van der Waals surface area contributed by atoms with E-state index in [1.165, 1.54) is 6.26 Å². The van der Waals surface area contributed by atoms with Gasteiger partial charge in [0.15, 0.2) is 5.12 Å². The Kier molecular flexibility index (Phi) is 20.7. The zero-order chi connectivity index (χ0) is 38.6. The Bertz CT molecular complexity index is 1310. The van der Waals surface area contributed by atoms with E-state index in [0.29, 0.717) is 0 Å². The summed E-state index contributed by atoms with van der Waals surface area (Å²) in [4.78, 5) is 129. The van der Waals surface area contributed by atoms with Crippen LogP contribution in [0.4, 0.5) is 0 Å². The molecule has 280 valence electrons. The second kappa shape index (κ2) is 23.1. The number of carboxylic acid groups (broad SMARTS) is 5. The number of carboxylic acids is 5. The van der Waals surface area contributed by atoms with Gasteiger partial charge in [-0.15, -0.1) is 0 Å². The average molecular weight is 736 g/mol. The topological polar surface area (TPSA) is 349 Å². The van der Waals surface area contributed by atoms with Crippen molar-refractivity contribution in [3.05, 3.63) is 0 Å². The van der Waals surface area contributed by atoms with E-state index in [4.69, 9.17) is 5.11 Å². The largest absolute Gasteiger partial charge is 0.480 e. The third kappa shape index (κ3) is 19.5. The van der Waals surface area contributed by atoms with Crippen molar-refractivity contribution in [1.82, 2.24) is 26.6 Å². The molecular weight excluding hydrogens is 694 g/mol. The van der Waals surface area contributed by atoms with Gasteiger partial charge in [-0.2, -0.15) is 0 Å². The second-order valence-electron chi connectivity index (χ2n) is 10.7. The van der Waals surface area contributed by atoms with Crippen LogP contribution in [-0.2, 0) is 52.7 Å². The lowest BCUT2D eigenvalue weighted by Crippen LogP contribution is -2.46. The number of carbonyl (C=O) groups excluding carboxylic acids is 6. The fraction of sp³-hybridized carbons (Fsp3) is 0.607. The van der Waals surface area contributed by atoms with Gasteiger partial charge in [-0.1, -0.05) is 11.8 Å². The van der Waals surface area contributed by atoms with Crippen molar-refractivity contribution in [2.45, 2.75) is 101 Å². The van der Waals surface area contributed by atoms with Crippen molar-refractivity contribution in [2.75, 3.05) is 6.26 Å². The zero-order valence-corrected chi connectivity index (χ0v) is 27.9. The molecule has 0 bridgehead atoms. The molecule has 0 saturated carbocycles. The quantitative estimate of drug-likeness (QED) is 0.0469. The lowest BCUT2D eigenvalue weighted by atomic mass is 10.1. The number of amides is 5. The van der Waals surface area contributed by atoms with Crippen molar-refractivity contribution in [3.8, 4) is 0 Å². The first-order valence-electron chi connectivity index (χ1n) is 14.9. The van der Waals surface area contributed by atoms with Crippen LogP contribution in [0.1, 0.15) is 71.1 Å². The molecule has 0 heterocycles. The molecule has 21 nitrogen and oxygen atoms in total. The fourth-order valence-corrected chi connectivity index (χ4v) is 4.39. The van der Waals surface area contributed by atoms with Gasteiger partial charge in [0, 0.05) is 39.0 Å². The number of rotatable bonds is 25. The fourth-order valence-electron chi connectivity index (χ4n) is 4.06.